The van der Waals surface area contributed by atoms with Crippen LogP contribution in [-0.4, -0.2) is 36.4 Å². The number of aromatic nitrogens is 2. The molecular weight excluding hydrogens is 418 g/mol. The lowest BCUT2D eigenvalue weighted by Gasteiger charge is -2.24. The minimum atomic E-state index is -0.472. The van der Waals surface area contributed by atoms with E-state index in [1.165, 1.54) is 0 Å². The van der Waals surface area contributed by atoms with Crippen LogP contribution < -0.4 is 19.5 Å². The molecule has 7 nitrogen and oxygen atoms in total. The first-order valence-electron chi connectivity index (χ1n) is 10.5. The van der Waals surface area contributed by atoms with Crippen molar-refractivity contribution in [2.45, 2.75) is 19.9 Å². The average Bonchev–Trinajstić information content (AvgIpc) is 2.82. The molecule has 7 heteroatoms. The van der Waals surface area contributed by atoms with Gasteiger partial charge in [-0.3, -0.25) is 0 Å². The van der Waals surface area contributed by atoms with Crippen molar-refractivity contribution in [2.75, 3.05) is 26.6 Å². The molecule has 0 radical (unpaired) electrons. The molecule has 0 saturated carbocycles. The molecule has 0 spiro atoms. The summed E-state index contributed by atoms with van der Waals surface area (Å²) in [6.07, 6.45) is 1.75. The van der Waals surface area contributed by atoms with Crippen molar-refractivity contribution in [2.24, 2.45) is 0 Å². The second kappa shape index (κ2) is 9.24. The summed E-state index contributed by atoms with van der Waals surface area (Å²) < 4.78 is 16.6. The van der Waals surface area contributed by atoms with E-state index in [2.05, 4.69) is 15.3 Å². The monoisotopic (exact) mass is 445 g/mol. The van der Waals surface area contributed by atoms with Crippen molar-refractivity contribution in [3.05, 3.63) is 77.1 Å². The molecule has 0 bridgehead atoms. The van der Waals surface area contributed by atoms with Gasteiger partial charge in [0.2, 0.25) is 5.75 Å². The van der Waals surface area contributed by atoms with Crippen LogP contribution in [0.3, 0.4) is 0 Å². The van der Waals surface area contributed by atoms with Crippen LogP contribution in [0.5, 0.6) is 23.0 Å². The maximum absolute atomic E-state index is 11.3. The van der Waals surface area contributed by atoms with Crippen LogP contribution in [0, 0.1) is 13.8 Å². The first-order valence-corrected chi connectivity index (χ1v) is 10.5. The van der Waals surface area contributed by atoms with Gasteiger partial charge in [0.1, 0.15) is 17.1 Å². The Morgan fingerprint density at radius 3 is 2.21 bits per heavy atom. The molecule has 2 N–H and O–H groups in total. The van der Waals surface area contributed by atoms with Gasteiger partial charge < -0.3 is 24.6 Å². The van der Waals surface area contributed by atoms with Crippen LogP contribution in [0.4, 0.5) is 5.82 Å². The Labute approximate surface area is 193 Å². The summed E-state index contributed by atoms with van der Waals surface area (Å²) in [7, 11) is 4.72. The Morgan fingerprint density at radius 2 is 1.58 bits per heavy atom. The number of nitrogens with zero attached hydrogens (tertiary/aromatic N) is 2. The topological polar surface area (TPSA) is 85.7 Å². The van der Waals surface area contributed by atoms with E-state index in [9.17, 15) is 5.11 Å². The summed E-state index contributed by atoms with van der Waals surface area (Å²) in [5.41, 5.74) is 3.89. The number of phenolic OH excluding ortho intramolecular Hbond substituents is 1. The summed E-state index contributed by atoms with van der Waals surface area (Å²) >= 11 is 0. The van der Waals surface area contributed by atoms with Gasteiger partial charge in [-0.25, -0.2) is 9.97 Å². The zero-order chi connectivity index (χ0) is 23.5. The van der Waals surface area contributed by atoms with E-state index in [1.807, 2.05) is 62.4 Å². The van der Waals surface area contributed by atoms with Crippen LogP contribution in [-0.2, 0) is 0 Å². The molecule has 0 aliphatic heterocycles. The molecule has 33 heavy (non-hydrogen) atoms. The van der Waals surface area contributed by atoms with Crippen molar-refractivity contribution in [1.82, 2.24) is 9.97 Å². The predicted octanol–water partition coefficient (Wildman–Crippen LogP) is 5.18. The minimum absolute atomic E-state index is 0.107. The van der Waals surface area contributed by atoms with Gasteiger partial charge in [0, 0.05) is 22.8 Å². The molecule has 2 aromatic heterocycles. The molecule has 4 rings (SSSR count). The van der Waals surface area contributed by atoms with Crippen LogP contribution in [0.25, 0.3) is 10.9 Å². The largest absolute Gasteiger partial charge is 0.505 e. The normalized spacial score (nSPS) is 11.8. The summed E-state index contributed by atoms with van der Waals surface area (Å²) in [4.78, 5) is 9.02. The third-order valence-electron chi connectivity index (χ3n) is 5.54. The Hall–Kier alpha value is -4.00. The molecule has 2 heterocycles. The number of pyridine rings is 2. The highest BCUT2D eigenvalue weighted by molar-refractivity contribution is 5.86. The lowest BCUT2D eigenvalue weighted by atomic mass is 9.95. The van der Waals surface area contributed by atoms with Gasteiger partial charge in [0.05, 0.1) is 27.4 Å². The molecule has 0 amide bonds. The second-order valence-corrected chi connectivity index (χ2v) is 7.78. The van der Waals surface area contributed by atoms with E-state index in [0.29, 0.717) is 34.1 Å². The van der Waals surface area contributed by atoms with Crippen LogP contribution in [0.15, 0.2) is 54.7 Å². The number of fused-ring (bicyclic) bond motifs is 1. The Kier molecular flexibility index (Phi) is 6.22. The predicted molar refractivity (Wildman–Crippen MR) is 129 cm³/mol. The van der Waals surface area contributed by atoms with Crippen molar-refractivity contribution < 1.29 is 19.3 Å². The van der Waals surface area contributed by atoms with E-state index in [0.717, 1.165) is 22.2 Å². The van der Waals surface area contributed by atoms with E-state index in [-0.39, 0.29) is 5.75 Å². The fourth-order valence-corrected chi connectivity index (χ4v) is 3.89. The fraction of sp³-hybridized carbons (Fsp3) is 0.231. The van der Waals surface area contributed by atoms with Gasteiger partial charge in [-0.1, -0.05) is 18.2 Å². The number of benzene rings is 2. The SMILES string of the molecule is COc1cc([C@@H](Nc2cc(C)ccn2)c2ccc3ccc(C)nc3c2O)cc(OC)c1OC. The number of phenols is 1. The van der Waals surface area contributed by atoms with Crippen LogP contribution >= 0.6 is 0 Å². The molecule has 0 aliphatic rings. The number of rotatable bonds is 7. The van der Waals surface area contributed by atoms with Gasteiger partial charge in [0.15, 0.2) is 11.5 Å². The maximum Gasteiger partial charge on any atom is 0.203 e. The third kappa shape index (κ3) is 4.35. The Balaban J connectivity index is 1.93. The third-order valence-corrected chi connectivity index (χ3v) is 5.54. The standard InChI is InChI=1S/C26H27N3O4/c1-15-10-11-27-22(12-15)29-23(18-13-20(31-3)26(33-5)21(14-18)32-4)19-9-8-17-7-6-16(2)28-24(17)25(19)30/h6-14,23,30H,1-5H3,(H,27,29)/t23-/m1/s1. The second-order valence-electron chi connectivity index (χ2n) is 7.78. The Morgan fingerprint density at radius 1 is 0.879 bits per heavy atom. The van der Waals surface area contributed by atoms with Gasteiger partial charge in [0.25, 0.3) is 0 Å². The highest BCUT2D eigenvalue weighted by Crippen LogP contribution is 2.43. The zero-order valence-corrected chi connectivity index (χ0v) is 19.3. The summed E-state index contributed by atoms with van der Waals surface area (Å²) in [6, 6.07) is 14.9. The highest BCUT2D eigenvalue weighted by Gasteiger charge is 2.24. The minimum Gasteiger partial charge on any atom is -0.505 e. The maximum atomic E-state index is 11.3. The number of anilines is 1. The lowest BCUT2D eigenvalue weighted by molar-refractivity contribution is 0.323. The molecule has 0 unspecified atom stereocenters. The average molecular weight is 446 g/mol. The molecule has 2 aromatic carbocycles. The summed E-state index contributed by atoms with van der Waals surface area (Å²) in [5, 5.41) is 15.6. The number of hydrogen-bond donors (Lipinski definition) is 2. The summed E-state index contributed by atoms with van der Waals surface area (Å²) in [5.74, 6) is 2.31. The molecule has 4 aromatic rings. The molecule has 1 atom stereocenters. The lowest BCUT2D eigenvalue weighted by Crippen LogP contribution is -2.14. The first-order chi connectivity index (χ1) is 15.9. The van der Waals surface area contributed by atoms with Crippen molar-refractivity contribution in [3.8, 4) is 23.0 Å². The molecule has 170 valence electrons. The van der Waals surface area contributed by atoms with Crippen molar-refractivity contribution in [1.29, 1.82) is 0 Å². The van der Waals surface area contributed by atoms with Gasteiger partial charge in [-0.15, -0.1) is 0 Å². The Bertz CT molecular complexity index is 1280. The molecule has 0 saturated heterocycles. The van der Waals surface area contributed by atoms with Gasteiger partial charge in [-0.2, -0.15) is 0 Å². The molecule has 0 fully saturated rings. The summed E-state index contributed by atoms with van der Waals surface area (Å²) in [6.45, 7) is 3.90. The molecule has 0 aliphatic carbocycles. The van der Waals surface area contributed by atoms with E-state index in [4.69, 9.17) is 14.2 Å². The molecular formula is C26H27N3O4. The number of ether oxygens (including phenoxy) is 3. The van der Waals surface area contributed by atoms with Gasteiger partial charge >= 0.3 is 0 Å². The van der Waals surface area contributed by atoms with Crippen LogP contribution in [0.1, 0.15) is 28.4 Å². The van der Waals surface area contributed by atoms with Gasteiger partial charge in [-0.05, 0) is 55.3 Å². The van der Waals surface area contributed by atoms with E-state index in [1.54, 1.807) is 27.5 Å². The number of aryl methyl sites for hydroxylation is 2. The number of aromatic hydroxyl groups is 1. The number of hydrogen-bond acceptors (Lipinski definition) is 7. The van der Waals surface area contributed by atoms with Crippen molar-refractivity contribution in [3.63, 3.8) is 0 Å². The highest BCUT2D eigenvalue weighted by atomic mass is 16.5. The number of nitrogens with one attached hydrogen (secondary N) is 1. The quantitative estimate of drug-likeness (QED) is 0.405. The number of methoxy groups -OCH3 is 3. The van der Waals surface area contributed by atoms with E-state index >= 15 is 0 Å². The van der Waals surface area contributed by atoms with Crippen LogP contribution in [0.2, 0.25) is 0 Å². The fourth-order valence-electron chi connectivity index (χ4n) is 3.89. The first kappa shape index (κ1) is 22.2. The van der Waals surface area contributed by atoms with Crippen molar-refractivity contribution >= 4 is 16.7 Å². The smallest absolute Gasteiger partial charge is 0.203 e. The van der Waals surface area contributed by atoms with E-state index < -0.39 is 6.04 Å². The zero-order valence-electron chi connectivity index (χ0n) is 19.3.